The van der Waals surface area contributed by atoms with Crippen LogP contribution in [0, 0.1) is 5.92 Å². The molecule has 1 rings (SSSR count). The van der Waals surface area contributed by atoms with Crippen molar-refractivity contribution in [3.63, 3.8) is 0 Å². The van der Waals surface area contributed by atoms with Crippen molar-refractivity contribution in [2.75, 3.05) is 13.3 Å². The van der Waals surface area contributed by atoms with Crippen molar-refractivity contribution in [3.05, 3.63) is 0 Å². The van der Waals surface area contributed by atoms with Crippen molar-refractivity contribution >= 4 is 0 Å². The highest BCUT2D eigenvalue weighted by Crippen LogP contribution is 2.17. The van der Waals surface area contributed by atoms with E-state index < -0.39 is 13.0 Å². The molecule has 0 N–H and O–H groups in total. The molecule has 10 heavy (non-hydrogen) atoms. The second-order valence-corrected chi connectivity index (χ2v) is 2.74. The predicted octanol–water partition coefficient (Wildman–Crippen LogP) is 1.35. The standard InChI is InChI=1S/C7H13FO2/c1-5-4-9-7(3-8)10-6(5)2/h5-7H,3-4H2,1-2H3. The highest BCUT2D eigenvalue weighted by Gasteiger charge is 2.25. The van der Waals surface area contributed by atoms with E-state index in [0.717, 1.165) is 0 Å². The van der Waals surface area contributed by atoms with Gasteiger partial charge in [-0.3, -0.25) is 0 Å². The third-order valence-corrected chi connectivity index (χ3v) is 1.84. The molecule has 0 aliphatic carbocycles. The number of hydrogen-bond acceptors (Lipinski definition) is 2. The fourth-order valence-corrected chi connectivity index (χ4v) is 0.888. The van der Waals surface area contributed by atoms with E-state index in [0.29, 0.717) is 12.5 Å². The first kappa shape index (κ1) is 7.95. The van der Waals surface area contributed by atoms with Gasteiger partial charge in [-0.1, -0.05) is 6.92 Å². The van der Waals surface area contributed by atoms with Crippen LogP contribution in [0.1, 0.15) is 13.8 Å². The van der Waals surface area contributed by atoms with E-state index in [1.54, 1.807) is 0 Å². The molecule has 60 valence electrons. The van der Waals surface area contributed by atoms with Gasteiger partial charge in [0.15, 0.2) is 6.29 Å². The van der Waals surface area contributed by atoms with E-state index in [1.165, 1.54) is 0 Å². The summed E-state index contributed by atoms with van der Waals surface area (Å²) in [6.07, 6.45) is -0.499. The summed E-state index contributed by atoms with van der Waals surface area (Å²) in [5.74, 6) is 0.378. The third-order valence-electron chi connectivity index (χ3n) is 1.84. The zero-order valence-corrected chi connectivity index (χ0v) is 6.34. The Morgan fingerprint density at radius 3 is 2.70 bits per heavy atom. The summed E-state index contributed by atoms with van der Waals surface area (Å²) in [6.45, 7) is 4.03. The van der Waals surface area contributed by atoms with Crippen LogP contribution in [-0.4, -0.2) is 25.7 Å². The van der Waals surface area contributed by atoms with Crippen molar-refractivity contribution in [1.82, 2.24) is 0 Å². The van der Waals surface area contributed by atoms with Crippen LogP contribution in [0.25, 0.3) is 0 Å². The summed E-state index contributed by atoms with van der Waals surface area (Å²) in [5, 5.41) is 0. The second kappa shape index (κ2) is 3.30. The number of ether oxygens (including phenoxy) is 2. The maximum atomic E-state index is 11.9. The zero-order valence-electron chi connectivity index (χ0n) is 6.34. The van der Waals surface area contributed by atoms with Crippen LogP contribution < -0.4 is 0 Å². The summed E-state index contributed by atoms with van der Waals surface area (Å²) in [4.78, 5) is 0. The molecule has 0 aromatic heterocycles. The summed E-state index contributed by atoms with van der Waals surface area (Å²) >= 11 is 0. The third kappa shape index (κ3) is 1.67. The number of alkyl halides is 1. The first-order valence-electron chi connectivity index (χ1n) is 3.57. The van der Waals surface area contributed by atoms with Crippen molar-refractivity contribution in [3.8, 4) is 0 Å². The van der Waals surface area contributed by atoms with Gasteiger partial charge in [0.2, 0.25) is 0 Å². The minimum absolute atomic E-state index is 0.120. The maximum Gasteiger partial charge on any atom is 0.186 e. The highest BCUT2D eigenvalue weighted by molar-refractivity contribution is 4.65. The fraction of sp³-hybridized carbons (Fsp3) is 1.00. The summed E-state index contributed by atoms with van der Waals surface area (Å²) in [6, 6.07) is 0. The molecule has 0 radical (unpaired) electrons. The molecule has 0 spiro atoms. The molecule has 1 saturated heterocycles. The van der Waals surface area contributed by atoms with Gasteiger partial charge in [0, 0.05) is 5.92 Å². The molecule has 1 fully saturated rings. The molecule has 1 aliphatic heterocycles. The van der Waals surface area contributed by atoms with Gasteiger partial charge in [0.05, 0.1) is 12.7 Å². The first-order chi connectivity index (χ1) is 4.74. The Bertz CT molecular complexity index is 108. The Morgan fingerprint density at radius 2 is 2.20 bits per heavy atom. The lowest BCUT2D eigenvalue weighted by molar-refractivity contribution is -0.233. The van der Waals surface area contributed by atoms with Crippen LogP contribution in [0.2, 0.25) is 0 Å². The molecule has 0 aromatic rings. The quantitative estimate of drug-likeness (QED) is 0.559. The Morgan fingerprint density at radius 1 is 1.50 bits per heavy atom. The van der Waals surface area contributed by atoms with Gasteiger partial charge in [-0.25, -0.2) is 4.39 Å². The maximum absolute atomic E-state index is 11.9. The van der Waals surface area contributed by atoms with Gasteiger partial charge in [0.25, 0.3) is 0 Å². The van der Waals surface area contributed by atoms with Crippen LogP contribution in [0.3, 0.4) is 0 Å². The highest BCUT2D eigenvalue weighted by atomic mass is 19.1. The van der Waals surface area contributed by atoms with Crippen molar-refractivity contribution < 1.29 is 13.9 Å². The minimum atomic E-state index is -0.619. The normalized spacial score (nSPS) is 41.7. The van der Waals surface area contributed by atoms with E-state index in [9.17, 15) is 4.39 Å². The summed E-state index contributed by atoms with van der Waals surface area (Å²) in [5.41, 5.74) is 0. The molecular weight excluding hydrogens is 135 g/mol. The molecule has 0 saturated carbocycles. The van der Waals surface area contributed by atoms with Crippen LogP contribution in [0.4, 0.5) is 4.39 Å². The van der Waals surface area contributed by atoms with Gasteiger partial charge in [-0.15, -0.1) is 0 Å². The molecule has 3 unspecified atom stereocenters. The van der Waals surface area contributed by atoms with Gasteiger partial charge >= 0.3 is 0 Å². The van der Waals surface area contributed by atoms with Gasteiger partial charge in [-0.05, 0) is 6.92 Å². The Hall–Kier alpha value is -0.150. The lowest BCUT2D eigenvalue weighted by Gasteiger charge is -2.31. The van der Waals surface area contributed by atoms with Crippen LogP contribution in [-0.2, 0) is 9.47 Å². The SMILES string of the molecule is CC1COC(CF)OC1C. The lowest BCUT2D eigenvalue weighted by Crippen LogP contribution is -2.37. The topological polar surface area (TPSA) is 18.5 Å². The van der Waals surface area contributed by atoms with Crippen LogP contribution in [0.15, 0.2) is 0 Å². The zero-order chi connectivity index (χ0) is 7.56. The average molecular weight is 148 g/mol. The monoisotopic (exact) mass is 148 g/mol. The summed E-state index contributed by atoms with van der Waals surface area (Å²) < 4.78 is 22.1. The van der Waals surface area contributed by atoms with Gasteiger partial charge in [-0.2, -0.15) is 0 Å². The van der Waals surface area contributed by atoms with Crippen molar-refractivity contribution in [1.29, 1.82) is 0 Å². The summed E-state index contributed by atoms with van der Waals surface area (Å²) in [7, 11) is 0. The number of rotatable bonds is 1. The molecule has 0 aromatic carbocycles. The molecule has 3 heteroatoms. The smallest absolute Gasteiger partial charge is 0.186 e. The van der Waals surface area contributed by atoms with E-state index in [1.807, 2.05) is 13.8 Å². The predicted molar refractivity (Wildman–Crippen MR) is 35.4 cm³/mol. The molecule has 0 amide bonds. The van der Waals surface area contributed by atoms with Crippen LogP contribution >= 0.6 is 0 Å². The minimum Gasteiger partial charge on any atom is -0.350 e. The molecule has 0 bridgehead atoms. The Labute approximate surface area is 60.3 Å². The van der Waals surface area contributed by atoms with E-state index in [4.69, 9.17) is 9.47 Å². The fourth-order valence-electron chi connectivity index (χ4n) is 0.888. The molecule has 1 aliphatic rings. The Balaban J connectivity index is 2.33. The lowest BCUT2D eigenvalue weighted by atomic mass is 10.1. The first-order valence-corrected chi connectivity index (χ1v) is 3.57. The van der Waals surface area contributed by atoms with Gasteiger partial charge in [0.1, 0.15) is 6.67 Å². The average Bonchev–Trinajstić information content (AvgIpc) is 1.95. The van der Waals surface area contributed by atoms with E-state index >= 15 is 0 Å². The van der Waals surface area contributed by atoms with Crippen molar-refractivity contribution in [2.45, 2.75) is 26.2 Å². The largest absolute Gasteiger partial charge is 0.350 e. The van der Waals surface area contributed by atoms with Crippen molar-refractivity contribution in [2.24, 2.45) is 5.92 Å². The van der Waals surface area contributed by atoms with E-state index in [-0.39, 0.29) is 6.10 Å². The molecule has 1 heterocycles. The molecular formula is C7H13FO2. The second-order valence-electron chi connectivity index (χ2n) is 2.74. The number of hydrogen-bond donors (Lipinski definition) is 0. The number of halogens is 1. The Kier molecular flexibility index (Phi) is 2.63. The van der Waals surface area contributed by atoms with Crippen LogP contribution in [0.5, 0.6) is 0 Å². The molecule has 2 nitrogen and oxygen atoms in total. The molecule has 3 atom stereocenters. The van der Waals surface area contributed by atoms with Gasteiger partial charge < -0.3 is 9.47 Å². The van der Waals surface area contributed by atoms with E-state index in [2.05, 4.69) is 0 Å².